The van der Waals surface area contributed by atoms with Crippen LogP contribution in [-0.2, 0) is 0 Å². The molecule has 1 aromatic rings. The Hall–Kier alpha value is -1.90. The number of ether oxygens (including phenoxy) is 1. The van der Waals surface area contributed by atoms with Gasteiger partial charge in [0, 0.05) is 12.0 Å². The maximum atomic E-state index is 8.48. The third kappa shape index (κ3) is 4.22. The lowest BCUT2D eigenvalue weighted by Gasteiger charge is -1.96. The lowest BCUT2D eigenvalue weighted by Crippen LogP contribution is -1.81. The highest BCUT2D eigenvalue weighted by atomic mass is 16.5. The quantitative estimate of drug-likeness (QED) is 0.732. The number of aliphatic hydroxyl groups is 1. The predicted molar refractivity (Wildman–Crippen MR) is 59.4 cm³/mol. The van der Waals surface area contributed by atoms with Crippen molar-refractivity contribution in [3.8, 4) is 29.4 Å². The van der Waals surface area contributed by atoms with E-state index in [-0.39, 0.29) is 6.61 Å². The van der Waals surface area contributed by atoms with E-state index < -0.39 is 0 Å². The van der Waals surface area contributed by atoms with Gasteiger partial charge in [0.2, 0.25) is 0 Å². The van der Waals surface area contributed by atoms with E-state index in [9.17, 15) is 0 Å². The summed E-state index contributed by atoms with van der Waals surface area (Å²) in [4.78, 5) is 0. The van der Waals surface area contributed by atoms with Crippen molar-refractivity contribution in [3.05, 3.63) is 29.8 Å². The average Bonchev–Trinajstić information content (AvgIpc) is 2.30. The van der Waals surface area contributed by atoms with Crippen molar-refractivity contribution < 1.29 is 9.84 Å². The second-order valence-electron chi connectivity index (χ2n) is 2.75. The van der Waals surface area contributed by atoms with Crippen LogP contribution in [0.25, 0.3) is 0 Å². The number of aliphatic hydroxyl groups excluding tert-OH is 1. The van der Waals surface area contributed by atoms with Crippen molar-refractivity contribution in [1.29, 1.82) is 0 Å². The van der Waals surface area contributed by atoms with Crippen molar-refractivity contribution in [1.82, 2.24) is 0 Å². The fourth-order valence-electron chi connectivity index (χ4n) is 0.940. The van der Waals surface area contributed by atoms with E-state index in [4.69, 9.17) is 9.84 Å². The lowest BCUT2D eigenvalue weighted by atomic mass is 10.2. The highest BCUT2D eigenvalue weighted by Crippen LogP contribution is 2.09. The molecule has 0 heterocycles. The topological polar surface area (TPSA) is 29.5 Å². The minimum atomic E-state index is 0.0806. The van der Waals surface area contributed by atoms with Gasteiger partial charge in [-0.1, -0.05) is 11.8 Å². The minimum absolute atomic E-state index is 0.0806. The Labute approximate surface area is 89.9 Å². The summed E-state index contributed by atoms with van der Waals surface area (Å²) < 4.78 is 5.02. The van der Waals surface area contributed by atoms with Crippen LogP contribution in [0.1, 0.15) is 12.0 Å². The van der Waals surface area contributed by atoms with Crippen LogP contribution in [0.2, 0.25) is 0 Å². The van der Waals surface area contributed by atoms with Crippen LogP contribution >= 0.6 is 0 Å². The largest absolute Gasteiger partial charge is 0.497 e. The zero-order chi connectivity index (χ0) is 10.9. The van der Waals surface area contributed by atoms with Gasteiger partial charge < -0.3 is 9.84 Å². The van der Waals surface area contributed by atoms with Crippen LogP contribution in [0.5, 0.6) is 5.75 Å². The Bertz CT molecular complexity index is 410. The molecule has 0 atom stereocenters. The van der Waals surface area contributed by atoms with Crippen molar-refractivity contribution in [2.45, 2.75) is 6.42 Å². The first-order valence-corrected chi connectivity index (χ1v) is 4.60. The summed E-state index contributed by atoms with van der Waals surface area (Å²) in [5.41, 5.74) is 0.897. The zero-order valence-electron chi connectivity index (χ0n) is 8.58. The van der Waals surface area contributed by atoms with Crippen LogP contribution < -0.4 is 4.74 Å². The summed E-state index contributed by atoms with van der Waals surface area (Å²) in [7, 11) is 1.63. The van der Waals surface area contributed by atoms with Gasteiger partial charge in [-0.15, -0.1) is 0 Å². The van der Waals surface area contributed by atoms with Crippen LogP contribution in [0.3, 0.4) is 0 Å². The number of hydrogen-bond donors (Lipinski definition) is 1. The van der Waals surface area contributed by atoms with Gasteiger partial charge in [-0.05, 0) is 36.1 Å². The molecule has 1 rings (SSSR count). The molecular weight excluding hydrogens is 188 g/mol. The molecule has 0 aliphatic rings. The van der Waals surface area contributed by atoms with E-state index in [0.717, 1.165) is 11.3 Å². The Balaban J connectivity index is 2.61. The molecule has 0 spiro atoms. The Morgan fingerprint density at radius 3 is 2.53 bits per heavy atom. The molecule has 0 unspecified atom stereocenters. The summed E-state index contributed by atoms with van der Waals surface area (Å²) in [6.45, 7) is 0.0806. The normalized spacial score (nSPS) is 8.13. The van der Waals surface area contributed by atoms with Gasteiger partial charge in [0.05, 0.1) is 13.7 Å². The second-order valence-corrected chi connectivity index (χ2v) is 2.75. The van der Waals surface area contributed by atoms with Crippen LogP contribution in [0.4, 0.5) is 0 Å². The molecule has 15 heavy (non-hydrogen) atoms. The highest BCUT2D eigenvalue weighted by Gasteiger charge is 1.88. The summed E-state index contributed by atoms with van der Waals surface area (Å²) in [6, 6.07) is 7.45. The van der Waals surface area contributed by atoms with E-state index in [2.05, 4.69) is 23.7 Å². The Morgan fingerprint density at radius 1 is 1.20 bits per heavy atom. The first-order chi connectivity index (χ1) is 7.36. The second kappa shape index (κ2) is 6.54. The molecule has 2 nitrogen and oxygen atoms in total. The van der Waals surface area contributed by atoms with Gasteiger partial charge >= 0.3 is 0 Å². The summed E-state index contributed by atoms with van der Waals surface area (Å²) in [6.07, 6.45) is 0.470. The van der Waals surface area contributed by atoms with Crippen LogP contribution in [0, 0.1) is 23.7 Å². The maximum absolute atomic E-state index is 8.48. The molecule has 0 saturated heterocycles. The predicted octanol–water partition coefficient (Wildman–Crippen LogP) is 1.43. The molecule has 1 aromatic carbocycles. The minimum Gasteiger partial charge on any atom is -0.497 e. The van der Waals surface area contributed by atoms with Crippen molar-refractivity contribution in [2.75, 3.05) is 13.7 Å². The van der Waals surface area contributed by atoms with E-state index in [1.807, 2.05) is 24.3 Å². The monoisotopic (exact) mass is 200 g/mol. The summed E-state index contributed by atoms with van der Waals surface area (Å²) in [5.74, 6) is 11.8. The van der Waals surface area contributed by atoms with Crippen molar-refractivity contribution >= 4 is 0 Å². The number of methoxy groups -OCH3 is 1. The van der Waals surface area contributed by atoms with Crippen molar-refractivity contribution in [2.24, 2.45) is 0 Å². The molecule has 0 aromatic heterocycles. The molecule has 0 saturated carbocycles. The van der Waals surface area contributed by atoms with Crippen LogP contribution in [0.15, 0.2) is 24.3 Å². The molecule has 2 heteroatoms. The third-order valence-electron chi connectivity index (χ3n) is 1.68. The van der Waals surface area contributed by atoms with E-state index in [1.54, 1.807) is 7.11 Å². The number of benzene rings is 1. The molecule has 0 aliphatic heterocycles. The molecule has 1 N–H and O–H groups in total. The molecule has 0 bridgehead atoms. The smallest absolute Gasteiger partial charge is 0.118 e. The van der Waals surface area contributed by atoms with E-state index >= 15 is 0 Å². The van der Waals surface area contributed by atoms with Crippen LogP contribution in [-0.4, -0.2) is 18.8 Å². The standard InChI is InChI=1S/C13H12O2/c1-15-13-9-7-12(8-10-13)6-4-2-3-5-11-14/h7-10,14H,5,11H2,1H3. The molecule has 0 radical (unpaired) electrons. The number of rotatable bonds is 2. The molecule has 0 aliphatic carbocycles. The van der Waals surface area contributed by atoms with E-state index in [0.29, 0.717) is 6.42 Å². The summed E-state index contributed by atoms with van der Waals surface area (Å²) >= 11 is 0. The fraction of sp³-hybridized carbons (Fsp3) is 0.231. The Morgan fingerprint density at radius 2 is 1.93 bits per heavy atom. The van der Waals surface area contributed by atoms with Crippen molar-refractivity contribution in [3.63, 3.8) is 0 Å². The van der Waals surface area contributed by atoms with Gasteiger partial charge in [0.15, 0.2) is 0 Å². The average molecular weight is 200 g/mol. The third-order valence-corrected chi connectivity index (χ3v) is 1.68. The van der Waals surface area contributed by atoms with Gasteiger partial charge in [-0.2, -0.15) is 0 Å². The SMILES string of the molecule is COc1ccc(C#CC#CCCO)cc1. The lowest BCUT2D eigenvalue weighted by molar-refractivity contribution is 0.305. The first kappa shape index (κ1) is 11.2. The highest BCUT2D eigenvalue weighted by molar-refractivity contribution is 5.42. The van der Waals surface area contributed by atoms with E-state index in [1.165, 1.54) is 0 Å². The zero-order valence-corrected chi connectivity index (χ0v) is 8.58. The van der Waals surface area contributed by atoms with Gasteiger partial charge in [-0.25, -0.2) is 0 Å². The van der Waals surface area contributed by atoms with Gasteiger partial charge in [0.25, 0.3) is 0 Å². The van der Waals surface area contributed by atoms with Gasteiger partial charge in [0.1, 0.15) is 5.75 Å². The van der Waals surface area contributed by atoms with Gasteiger partial charge in [-0.3, -0.25) is 0 Å². The number of hydrogen-bond acceptors (Lipinski definition) is 2. The molecule has 0 fully saturated rings. The fourth-order valence-corrected chi connectivity index (χ4v) is 0.940. The Kier molecular flexibility index (Phi) is 4.87. The first-order valence-electron chi connectivity index (χ1n) is 4.60. The maximum Gasteiger partial charge on any atom is 0.118 e. The molecule has 0 amide bonds. The summed E-state index contributed by atoms with van der Waals surface area (Å²) in [5, 5.41) is 8.48. The molecule has 76 valence electrons. The molecular formula is C13H12O2.